The minimum atomic E-state index is 0.840. The van der Waals surface area contributed by atoms with Crippen LogP contribution >= 0.6 is 0 Å². The first-order valence-electron chi connectivity index (χ1n) is 8.53. The van der Waals surface area contributed by atoms with Crippen molar-refractivity contribution in [1.29, 1.82) is 0 Å². The summed E-state index contributed by atoms with van der Waals surface area (Å²) in [4.78, 5) is 0. The molecular formula is C17H33N. The van der Waals surface area contributed by atoms with Crippen molar-refractivity contribution in [2.24, 2.45) is 17.8 Å². The molecule has 2 saturated carbocycles. The Morgan fingerprint density at radius 3 is 2.33 bits per heavy atom. The fraction of sp³-hybridized carbons (Fsp3) is 1.00. The van der Waals surface area contributed by atoms with Gasteiger partial charge in [-0.15, -0.1) is 0 Å². The molecule has 0 saturated heterocycles. The van der Waals surface area contributed by atoms with Crippen LogP contribution in [0.5, 0.6) is 0 Å². The zero-order valence-electron chi connectivity index (χ0n) is 12.6. The summed E-state index contributed by atoms with van der Waals surface area (Å²) < 4.78 is 0. The van der Waals surface area contributed by atoms with Gasteiger partial charge in [0.25, 0.3) is 0 Å². The summed E-state index contributed by atoms with van der Waals surface area (Å²) in [7, 11) is 0. The second-order valence-corrected chi connectivity index (χ2v) is 6.94. The largest absolute Gasteiger partial charge is 0.314 e. The van der Waals surface area contributed by atoms with Crippen LogP contribution in [-0.4, -0.2) is 12.6 Å². The lowest BCUT2D eigenvalue weighted by Gasteiger charge is -2.33. The van der Waals surface area contributed by atoms with Crippen LogP contribution in [0.2, 0.25) is 0 Å². The van der Waals surface area contributed by atoms with Gasteiger partial charge in [-0.1, -0.05) is 46.0 Å². The molecule has 0 aromatic rings. The summed E-state index contributed by atoms with van der Waals surface area (Å²) in [6, 6.07) is 0.840. The summed E-state index contributed by atoms with van der Waals surface area (Å²) in [5.41, 5.74) is 0. The van der Waals surface area contributed by atoms with Gasteiger partial charge in [0.15, 0.2) is 0 Å². The average Bonchev–Trinajstić information content (AvgIpc) is 2.40. The summed E-state index contributed by atoms with van der Waals surface area (Å²) in [6.07, 6.45) is 14.6. The fourth-order valence-corrected chi connectivity index (χ4v) is 4.08. The maximum Gasteiger partial charge on any atom is 0.00673 e. The highest BCUT2D eigenvalue weighted by molar-refractivity contribution is 4.80. The SMILES string of the molecule is CCCC1CCC(NCC2CCCCC2C)CC1. The molecule has 0 aromatic heterocycles. The van der Waals surface area contributed by atoms with Crippen molar-refractivity contribution >= 4 is 0 Å². The van der Waals surface area contributed by atoms with Crippen LogP contribution in [0.3, 0.4) is 0 Å². The summed E-state index contributed by atoms with van der Waals surface area (Å²) in [5, 5.41) is 3.88. The Morgan fingerprint density at radius 2 is 1.67 bits per heavy atom. The highest BCUT2D eigenvalue weighted by atomic mass is 14.9. The molecule has 2 atom stereocenters. The Bertz CT molecular complexity index is 218. The van der Waals surface area contributed by atoms with Gasteiger partial charge < -0.3 is 5.32 Å². The molecule has 0 bridgehead atoms. The van der Waals surface area contributed by atoms with E-state index >= 15 is 0 Å². The van der Waals surface area contributed by atoms with Gasteiger partial charge in [0.05, 0.1) is 0 Å². The topological polar surface area (TPSA) is 12.0 Å². The van der Waals surface area contributed by atoms with Crippen molar-refractivity contribution in [1.82, 2.24) is 5.32 Å². The molecule has 2 aliphatic rings. The van der Waals surface area contributed by atoms with E-state index in [4.69, 9.17) is 0 Å². The first-order chi connectivity index (χ1) is 8.79. The van der Waals surface area contributed by atoms with E-state index in [0.717, 1.165) is 23.8 Å². The number of rotatable bonds is 5. The Balaban J connectivity index is 1.62. The molecule has 2 unspecified atom stereocenters. The summed E-state index contributed by atoms with van der Waals surface area (Å²) in [6.45, 7) is 6.09. The first-order valence-corrected chi connectivity index (χ1v) is 8.53. The first kappa shape index (κ1) is 14.4. The van der Waals surface area contributed by atoms with E-state index in [1.54, 1.807) is 0 Å². The number of nitrogens with one attached hydrogen (secondary N) is 1. The summed E-state index contributed by atoms with van der Waals surface area (Å²) in [5.74, 6) is 2.97. The third-order valence-electron chi connectivity index (χ3n) is 5.50. The van der Waals surface area contributed by atoms with E-state index in [0.29, 0.717) is 0 Å². The van der Waals surface area contributed by atoms with Crippen molar-refractivity contribution in [2.75, 3.05) is 6.54 Å². The second-order valence-electron chi connectivity index (χ2n) is 6.94. The Morgan fingerprint density at radius 1 is 0.944 bits per heavy atom. The maximum absolute atomic E-state index is 3.88. The number of hydrogen-bond acceptors (Lipinski definition) is 1. The van der Waals surface area contributed by atoms with E-state index in [2.05, 4.69) is 19.2 Å². The van der Waals surface area contributed by atoms with E-state index in [-0.39, 0.29) is 0 Å². The van der Waals surface area contributed by atoms with E-state index in [1.165, 1.54) is 70.8 Å². The minimum Gasteiger partial charge on any atom is -0.314 e. The average molecular weight is 251 g/mol. The molecule has 1 N–H and O–H groups in total. The Kier molecular flexibility index (Phi) is 6.01. The third-order valence-corrected chi connectivity index (χ3v) is 5.50. The zero-order valence-corrected chi connectivity index (χ0v) is 12.6. The van der Waals surface area contributed by atoms with Gasteiger partial charge in [-0.3, -0.25) is 0 Å². The molecule has 2 aliphatic carbocycles. The van der Waals surface area contributed by atoms with Gasteiger partial charge >= 0.3 is 0 Å². The predicted molar refractivity (Wildman–Crippen MR) is 79.8 cm³/mol. The van der Waals surface area contributed by atoms with E-state index in [9.17, 15) is 0 Å². The van der Waals surface area contributed by atoms with Crippen molar-refractivity contribution in [2.45, 2.75) is 84.1 Å². The lowest BCUT2D eigenvalue weighted by molar-refractivity contribution is 0.218. The van der Waals surface area contributed by atoms with Gasteiger partial charge in [0, 0.05) is 6.04 Å². The molecule has 18 heavy (non-hydrogen) atoms. The van der Waals surface area contributed by atoms with Crippen LogP contribution < -0.4 is 5.32 Å². The van der Waals surface area contributed by atoms with Crippen molar-refractivity contribution in [3.63, 3.8) is 0 Å². The standard InChI is InChI=1S/C17H33N/c1-3-6-15-9-11-17(12-10-15)18-13-16-8-5-4-7-14(16)2/h14-18H,3-13H2,1-2H3. The highest BCUT2D eigenvalue weighted by Gasteiger charge is 2.24. The van der Waals surface area contributed by atoms with Gasteiger partial charge in [-0.2, -0.15) is 0 Å². The number of hydrogen-bond donors (Lipinski definition) is 1. The molecule has 2 rings (SSSR count). The van der Waals surface area contributed by atoms with E-state index in [1.807, 2.05) is 0 Å². The Hall–Kier alpha value is -0.0400. The molecule has 0 spiro atoms. The lowest BCUT2D eigenvalue weighted by atomic mass is 9.79. The van der Waals surface area contributed by atoms with Gasteiger partial charge in [0.2, 0.25) is 0 Å². The maximum atomic E-state index is 3.88. The normalized spacial score (nSPS) is 37.7. The minimum absolute atomic E-state index is 0.840. The summed E-state index contributed by atoms with van der Waals surface area (Å²) >= 11 is 0. The van der Waals surface area contributed by atoms with Crippen molar-refractivity contribution in [3.05, 3.63) is 0 Å². The smallest absolute Gasteiger partial charge is 0.00673 e. The van der Waals surface area contributed by atoms with Crippen LogP contribution in [0.25, 0.3) is 0 Å². The van der Waals surface area contributed by atoms with Crippen molar-refractivity contribution < 1.29 is 0 Å². The van der Waals surface area contributed by atoms with Gasteiger partial charge in [-0.05, 0) is 56.4 Å². The molecule has 1 heteroatoms. The molecule has 0 radical (unpaired) electrons. The molecular weight excluding hydrogens is 218 g/mol. The highest BCUT2D eigenvalue weighted by Crippen LogP contribution is 2.31. The molecule has 0 aromatic carbocycles. The fourth-order valence-electron chi connectivity index (χ4n) is 4.08. The van der Waals surface area contributed by atoms with Crippen molar-refractivity contribution in [3.8, 4) is 0 Å². The molecule has 2 fully saturated rings. The third kappa shape index (κ3) is 4.26. The quantitative estimate of drug-likeness (QED) is 0.743. The van der Waals surface area contributed by atoms with E-state index < -0.39 is 0 Å². The monoisotopic (exact) mass is 251 g/mol. The molecule has 106 valence electrons. The Labute approximate surface area is 114 Å². The molecule has 0 heterocycles. The molecule has 1 nitrogen and oxygen atoms in total. The van der Waals surface area contributed by atoms with Crippen LogP contribution in [0, 0.1) is 17.8 Å². The van der Waals surface area contributed by atoms with Gasteiger partial charge in [-0.25, -0.2) is 0 Å². The van der Waals surface area contributed by atoms with Gasteiger partial charge in [0.1, 0.15) is 0 Å². The zero-order chi connectivity index (χ0) is 12.8. The van der Waals surface area contributed by atoms with Crippen LogP contribution in [0.1, 0.15) is 78.1 Å². The van der Waals surface area contributed by atoms with Crippen LogP contribution in [0.4, 0.5) is 0 Å². The van der Waals surface area contributed by atoms with Crippen LogP contribution in [0.15, 0.2) is 0 Å². The second kappa shape index (κ2) is 7.53. The molecule has 0 aliphatic heterocycles. The molecule has 0 amide bonds. The van der Waals surface area contributed by atoms with Crippen LogP contribution in [-0.2, 0) is 0 Å². The predicted octanol–water partition coefficient (Wildman–Crippen LogP) is 4.76. The lowest BCUT2D eigenvalue weighted by Crippen LogP contribution is -2.38.